The number of hydrogen-bond donors (Lipinski definition) is 2. The smallest absolute Gasteiger partial charge is 0.292 e. The summed E-state index contributed by atoms with van der Waals surface area (Å²) in [4.78, 5) is 33.2. The van der Waals surface area contributed by atoms with Gasteiger partial charge in [-0.15, -0.1) is 0 Å². The predicted molar refractivity (Wildman–Crippen MR) is 112 cm³/mol. The Kier molecular flexibility index (Phi) is 5.38. The van der Waals surface area contributed by atoms with Crippen LogP contribution in [0.2, 0.25) is 0 Å². The number of carbonyl (C=O) groups excluding carboxylic acids is 2. The topological polar surface area (TPSA) is 109 Å². The largest absolute Gasteiger partial charge is 0.455 e. The molecule has 0 spiro atoms. The Balaban J connectivity index is 1.57. The number of carbonyl (C=O) groups is 2. The number of furan rings is 1. The first-order valence-corrected chi connectivity index (χ1v) is 9.67. The van der Waals surface area contributed by atoms with E-state index in [-0.39, 0.29) is 17.6 Å². The highest BCUT2D eigenvalue weighted by Crippen LogP contribution is 2.30. The minimum Gasteiger partial charge on any atom is -0.455 e. The van der Waals surface area contributed by atoms with Gasteiger partial charge in [0, 0.05) is 41.2 Å². The molecule has 30 heavy (non-hydrogen) atoms. The minimum atomic E-state index is -0.361. The van der Waals surface area contributed by atoms with Gasteiger partial charge in [-0.3, -0.25) is 14.6 Å². The maximum Gasteiger partial charge on any atom is 0.292 e. The van der Waals surface area contributed by atoms with E-state index in [1.54, 1.807) is 30.6 Å². The van der Waals surface area contributed by atoms with Crippen molar-refractivity contribution in [2.45, 2.75) is 33.1 Å². The molecule has 3 heterocycles. The summed E-state index contributed by atoms with van der Waals surface area (Å²) in [6.07, 6.45) is 5.32. The number of fused-ring (bicyclic) bond motifs is 1. The van der Waals surface area contributed by atoms with Gasteiger partial charge < -0.3 is 9.73 Å². The monoisotopic (exact) mass is 403 g/mol. The van der Waals surface area contributed by atoms with E-state index in [2.05, 4.69) is 25.8 Å². The number of aryl methyl sites for hydroxylation is 2. The molecule has 0 bridgehead atoms. The molecule has 4 rings (SSSR count). The Morgan fingerprint density at radius 2 is 1.87 bits per heavy atom. The molecule has 0 aromatic carbocycles. The van der Waals surface area contributed by atoms with Crippen LogP contribution in [0.4, 0.5) is 5.82 Å². The van der Waals surface area contributed by atoms with Gasteiger partial charge in [0.25, 0.3) is 11.8 Å². The number of hydrazone groups is 1. The number of aromatic nitrogens is 2. The number of hydrogen-bond acceptors (Lipinski definition) is 6. The van der Waals surface area contributed by atoms with E-state index in [0.717, 1.165) is 17.7 Å². The Morgan fingerprint density at radius 1 is 1.07 bits per heavy atom. The van der Waals surface area contributed by atoms with E-state index >= 15 is 0 Å². The highest BCUT2D eigenvalue weighted by molar-refractivity contribution is 6.09. The Labute approximate surface area is 173 Å². The molecule has 1 aliphatic rings. The minimum absolute atomic E-state index is 0.235. The lowest BCUT2D eigenvalue weighted by molar-refractivity contribution is 0.0953. The third-order valence-corrected chi connectivity index (χ3v) is 4.90. The van der Waals surface area contributed by atoms with E-state index in [9.17, 15) is 9.59 Å². The fourth-order valence-electron chi connectivity index (χ4n) is 3.47. The van der Waals surface area contributed by atoms with Crippen molar-refractivity contribution in [2.24, 2.45) is 5.10 Å². The lowest BCUT2D eigenvalue weighted by Gasteiger charge is -2.13. The molecule has 8 nitrogen and oxygen atoms in total. The third kappa shape index (κ3) is 3.98. The van der Waals surface area contributed by atoms with Crippen molar-refractivity contribution in [1.29, 1.82) is 0 Å². The van der Waals surface area contributed by atoms with Crippen LogP contribution >= 0.6 is 0 Å². The number of amides is 2. The fraction of sp³-hybridized carbons (Fsp3) is 0.227. The van der Waals surface area contributed by atoms with Crippen LogP contribution in [0.1, 0.15) is 56.3 Å². The van der Waals surface area contributed by atoms with Gasteiger partial charge in [-0.1, -0.05) is 6.07 Å². The third-order valence-electron chi connectivity index (χ3n) is 4.90. The van der Waals surface area contributed by atoms with Crippen molar-refractivity contribution in [1.82, 2.24) is 15.4 Å². The Morgan fingerprint density at radius 3 is 2.63 bits per heavy atom. The van der Waals surface area contributed by atoms with Gasteiger partial charge in [0.1, 0.15) is 11.6 Å². The van der Waals surface area contributed by atoms with Crippen molar-refractivity contribution in [3.05, 3.63) is 76.6 Å². The summed E-state index contributed by atoms with van der Waals surface area (Å²) in [5.41, 5.74) is 6.06. The van der Waals surface area contributed by atoms with Crippen LogP contribution in [-0.4, -0.2) is 27.5 Å². The predicted octanol–water partition coefficient (Wildman–Crippen LogP) is 3.41. The molecule has 2 N–H and O–H groups in total. The zero-order valence-corrected chi connectivity index (χ0v) is 16.7. The standard InChI is InChI=1S/C22H21N5O3/c1-13-5-3-8-18(24-13)25-22(29)20-14(2)19-16(6-4-7-17(19)30-20)26-27-21(28)15-9-11-23-12-10-15/h3,5,8-12H,4,6-7H2,1-2H3,(H,27,28)(H,24,25,29)/b26-16+. The molecule has 0 aliphatic heterocycles. The maximum absolute atomic E-state index is 12.8. The van der Waals surface area contributed by atoms with E-state index < -0.39 is 0 Å². The van der Waals surface area contributed by atoms with Crippen LogP contribution < -0.4 is 10.7 Å². The molecule has 0 saturated heterocycles. The van der Waals surface area contributed by atoms with Crippen LogP contribution in [0.25, 0.3) is 0 Å². The first-order chi connectivity index (χ1) is 14.5. The number of pyridine rings is 2. The molecule has 0 atom stereocenters. The Bertz CT molecular complexity index is 1130. The second-order valence-corrected chi connectivity index (χ2v) is 7.06. The SMILES string of the molecule is Cc1cccc(NC(=O)c2oc3c(c2C)/C(=N/NC(=O)c2ccncc2)CCC3)n1. The molecule has 0 radical (unpaired) electrons. The number of nitrogens with one attached hydrogen (secondary N) is 2. The molecule has 3 aromatic rings. The van der Waals surface area contributed by atoms with E-state index in [4.69, 9.17) is 4.42 Å². The molecule has 0 unspecified atom stereocenters. The van der Waals surface area contributed by atoms with Crippen molar-refractivity contribution < 1.29 is 14.0 Å². The van der Waals surface area contributed by atoms with Gasteiger partial charge in [0.15, 0.2) is 5.76 Å². The van der Waals surface area contributed by atoms with Crippen molar-refractivity contribution in [2.75, 3.05) is 5.32 Å². The molecular formula is C22H21N5O3. The molecule has 152 valence electrons. The van der Waals surface area contributed by atoms with Crippen molar-refractivity contribution >= 4 is 23.3 Å². The molecule has 3 aromatic heterocycles. The molecule has 2 amide bonds. The fourth-order valence-corrected chi connectivity index (χ4v) is 3.47. The zero-order chi connectivity index (χ0) is 21.1. The normalized spacial score (nSPS) is 14.3. The lowest BCUT2D eigenvalue weighted by Crippen LogP contribution is -2.22. The molecule has 1 aliphatic carbocycles. The van der Waals surface area contributed by atoms with Gasteiger partial charge >= 0.3 is 0 Å². The molecular weight excluding hydrogens is 382 g/mol. The van der Waals surface area contributed by atoms with Gasteiger partial charge in [0.05, 0.1) is 5.71 Å². The lowest BCUT2D eigenvalue weighted by atomic mass is 9.93. The number of anilines is 1. The van der Waals surface area contributed by atoms with Crippen molar-refractivity contribution in [3.8, 4) is 0 Å². The second kappa shape index (κ2) is 8.28. The summed E-state index contributed by atoms with van der Waals surface area (Å²) >= 11 is 0. The van der Waals surface area contributed by atoms with Crippen LogP contribution in [0, 0.1) is 13.8 Å². The second-order valence-electron chi connectivity index (χ2n) is 7.06. The summed E-state index contributed by atoms with van der Waals surface area (Å²) in [7, 11) is 0. The van der Waals surface area contributed by atoms with E-state index in [1.807, 2.05) is 26.0 Å². The summed E-state index contributed by atoms with van der Waals surface area (Å²) in [6.45, 7) is 3.68. The average Bonchev–Trinajstić information content (AvgIpc) is 3.10. The summed E-state index contributed by atoms with van der Waals surface area (Å²) in [6, 6.07) is 8.65. The van der Waals surface area contributed by atoms with Crippen LogP contribution in [0.15, 0.2) is 52.2 Å². The Hall–Kier alpha value is -3.81. The quantitative estimate of drug-likeness (QED) is 0.649. The number of nitrogens with zero attached hydrogens (tertiary/aromatic N) is 3. The van der Waals surface area contributed by atoms with E-state index in [1.165, 1.54) is 0 Å². The zero-order valence-electron chi connectivity index (χ0n) is 16.7. The van der Waals surface area contributed by atoms with Gasteiger partial charge in [-0.2, -0.15) is 5.10 Å². The number of rotatable bonds is 4. The highest BCUT2D eigenvalue weighted by Gasteiger charge is 2.28. The van der Waals surface area contributed by atoms with Gasteiger partial charge in [0.2, 0.25) is 0 Å². The van der Waals surface area contributed by atoms with Gasteiger partial charge in [-0.05, 0) is 51.0 Å². The summed E-state index contributed by atoms with van der Waals surface area (Å²) in [5, 5.41) is 7.10. The van der Waals surface area contributed by atoms with E-state index in [0.29, 0.717) is 41.3 Å². The van der Waals surface area contributed by atoms with Crippen LogP contribution in [0.3, 0.4) is 0 Å². The molecule has 0 saturated carbocycles. The van der Waals surface area contributed by atoms with Crippen molar-refractivity contribution in [3.63, 3.8) is 0 Å². The maximum atomic E-state index is 12.8. The summed E-state index contributed by atoms with van der Waals surface area (Å²) < 4.78 is 5.88. The average molecular weight is 403 g/mol. The first kappa shape index (κ1) is 19.5. The summed E-state index contributed by atoms with van der Waals surface area (Å²) in [5.74, 6) is 0.727. The molecule has 0 fully saturated rings. The molecule has 8 heteroatoms. The van der Waals surface area contributed by atoms with Crippen LogP contribution in [0.5, 0.6) is 0 Å². The first-order valence-electron chi connectivity index (χ1n) is 9.67. The van der Waals surface area contributed by atoms with Crippen LogP contribution in [-0.2, 0) is 6.42 Å². The highest BCUT2D eigenvalue weighted by atomic mass is 16.4. The van der Waals surface area contributed by atoms with Gasteiger partial charge in [-0.25, -0.2) is 10.4 Å².